The second-order valence-corrected chi connectivity index (χ2v) is 4.71. The SMILES string of the molecule is C=C(CS)CN1CCCC(CC)CC1. The summed E-state index contributed by atoms with van der Waals surface area (Å²) in [6.07, 6.45) is 5.50. The van der Waals surface area contributed by atoms with Crippen LogP contribution in [0.4, 0.5) is 0 Å². The van der Waals surface area contributed by atoms with Crippen molar-refractivity contribution in [3.05, 3.63) is 12.2 Å². The molecule has 0 spiro atoms. The zero-order chi connectivity index (χ0) is 10.4. The summed E-state index contributed by atoms with van der Waals surface area (Å²) in [5.41, 5.74) is 1.25. The molecule has 0 aromatic carbocycles. The van der Waals surface area contributed by atoms with E-state index < -0.39 is 0 Å². The number of rotatable bonds is 4. The van der Waals surface area contributed by atoms with Crippen molar-refractivity contribution in [1.29, 1.82) is 0 Å². The van der Waals surface area contributed by atoms with Crippen LogP contribution in [0.1, 0.15) is 32.6 Å². The minimum Gasteiger partial charge on any atom is -0.299 e. The van der Waals surface area contributed by atoms with E-state index >= 15 is 0 Å². The van der Waals surface area contributed by atoms with Crippen molar-refractivity contribution in [1.82, 2.24) is 4.90 Å². The summed E-state index contributed by atoms with van der Waals surface area (Å²) in [7, 11) is 0. The lowest BCUT2D eigenvalue weighted by Crippen LogP contribution is -2.27. The second kappa shape index (κ2) is 6.52. The maximum atomic E-state index is 4.25. The Hall–Kier alpha value is 0.0500. The number of hydrogen-bond donors (Lipinski definition) is 1. The Balaban J connectivity index is 2.30. The molecule has 0 N–H and O–H groups in total. The molecule has 1 atom stereocenters. The van der Waals surface area contributed by atoms with Crippen LogP contribution in [0.3, 0.4) is 0 Å². The molecular formula is C12H23NS. The van der Waals surface area contributed by atoms with E-state index in [-0.39, 0.29) is 0 Å². The van der Waals surface area contributed by atoms with E-state index in [0.717, 1.165) is 18.2 Å². The first kappa shape index (κ1) is 12.1. The van der Waals surface area contributed by atoms with Crippen molar-refractivity contribution in [2.24, 2.45) is 5.92 Å². The van der Waals surface area contributed by atoms with E-state index in [0.29, 0.717) is 0 Å². The molecule has 82 valence electrons. The first-order valence-electron chi connectivity index (χ1n) is 5.76. The maximum Gasteiger partial charge on any atom is 0.0198 e. The van der Waals surface area contributed by atoms with Crippen LogP contribution < -0.4 is 0 Å². The molecule has 2 heteroatoms. The van der Waals surface area contributed by atoms with Gasteiger partial charge in [-0.25, -0.2) is 0 Å². The van der Waals surface area contributed by atoms with Crippen LogP contribution in [0.5, 0.6) is 0 Å². The zero-order valence-corrected chi connectivity index (χ0v) is 10.2. The van der Waals surface area contributed by atoms with E-state index in [1.54, 1.807) is 0 Å². The quantitative estimate of drug-likeness (QED) is 0.555. The molecular weight excluding hydrogens is 190 g/mol. The highest BCUT2D eigenvalue weighted by Gasteiger charge is 2.15. The summed E-state index contributed by atoms with van der Waals surface area (Å²) >= 11 is 4.25. The molecule has 14 heavy (non-hydrogen) atoms. The minimum atomic E-state index is 0.827. The third kappa shape index (κ3) is 4.05. The summed E-state index contributed by atoms with van der Waals surface area (Å²) in [5.74, 6) is 1.79. The van der Waals surface area contributed by atoms with E-state index in [2.05, 4.69) is 31.0 Å². The predicted octanol–water partition coefficient (Wildman–Crippen LogP) is 2.98. The molecule has 0 bridgehead atoms. The molecule has 1 fully saturated rings. The molecule has 1 heterocycles. The molecule has 1 unspecified atom stereocenters. The first-order chi connectivity index (χ1) is 6.76. The molecule has 1 saturated heterocycles. The van der Waals surface area contributed by atoms with Gasteiger partial charge < -0.3 is 0 Å². The van der Waals surface area contributed by atoms with Gasteiger partial charge in [0.05, 0.1) is 0 Å². The van der Waals surface area contributed by atoms with Gasteiger partial charge in [-0.3, -0.25) is 4.90 Å². The molecule has 0 saturated carbocycles. The lowest BCUT2D eigenvalue weighted by molar-refractivity contribution is 0.303. The fourth-order valence-electron chi connectivity index (χ4n) is 2.16. The van der Waals surface area contributed by atoms with Gasteiger partial charge in [-0.2, -0.15) is 12.6 Å². The largest absolute Gasteiger partial charge is 0.299 e. The molecule has 1 nitrogen and oxygen atoms in total. The van der Waals surface area contributed by atoms with Crippen LogP contribution in [0.25, 0.3) is 0 Å². The summed E-state index contributed by atoms with van der Waals surface area (Å²) in [6.45, 7) is 9.90. The van der Waals surface area contributed by atoms with Crippen LogP contribution in [0.15, 0.2) is 12.2 Å². The fourth-order valence-corrected chi connectivity index (χ4v) is 2.26. The van der Waals surface area contributed by atoms with Crippen molar-refractivity contribution < 1.29 is 0 Å². The molecule has 0 radical (unpaired) electrons. The van der Waals surface area contributed by atoms with Gasteiger partial charge in [0.1, 0.15) is 0 Å². The molecule has 1 rings (SSSR count). The summed E-state index contributed by atoms with van der Waals surface area (Å²) in [4.78, 5) is 2.54. The highest BCUT2D eigenvalue weighted by molar-refractivity contribution is 7.80. The third-order valence-corrected chi connectivity index (χ3v) is 3.64. The molecule has 0 amide bonds. The fraction of sp³-hybridized carbons (Fsp3) is 0.833. The molecule has 0 aliphatic carbocycles. The van der Waals surface area contributed by atoms with E-state index in [4.69, 9.17) is 0 Å². The van der Waals surface area contributed by atoms with Gasteiger partial charge in [-0.15, -0.1) is 0 Å². The number of nitrogens with zero attached hydrogens (tertiary/aromatic N) is 1. The standard InChI is InChI=1S/C12H23NS/c1-3-12-5-4-7-13(8-6-12)9-11(2)10-14/h12,14H,2-10H2,1H3. The summed E-state index contributed by atoms with van der Waals surface area (Å²) < 4.78 is 0. The number of thiol groups is 1. The van der Waals surface area contributed by atoms with E-state index in [1.165, 1.54) is 44.3 Å². The van der Waals surface area contributed by atoms with Gasteiger partial charge in [0.2, 0.25) is 0 Å². The molecule has 0 aromatic heterocycles. The lowest BCUT2D eigenvalue weighted by atomic mass is 9.98. The van der Waals surface area contributed by atoms with Crippen LogP contribution >= 0.6 is 12.6 Å². The topological polar surface area (TPSA) is 3.24 Å². The van der Waals surface area contributed by atoms with Crippen LogP contribution in [-0.4, -0.2) is 30.3 Å². The highest BCUT2D eigenvalue weighted by atomic mass is 32.1. The first-order valence-corrected chi connectivity index (χ1v) is 6.39. The lowest BCUT2D eigenvalue weighted by Gasteiger charge is -2.20. The highest BCUT2D eigenvalue weighted by Crippen LogP contribution is 2.20. The van der Waals surface area contributed by atoms with Gasteiger partial charge in [-0.1, -0.05) is 25.5 Å². The summed E-state index contributed by atoms with van der Waals surface area (Å²) in [5, 5.41) is 0. The smallest absolute Gasteiger partial charge is 0.0198 e. The van der Waals surface area contributed by atoms with E-state index in [9.17, 15) is 0 Å². The Morgan fingerprint density at radius 3 is 2.86 bits per heavy atom. The monoisotopic (exact) mass is 213 g/mol. The Kier molecular flexibility index (Phi) is 5.64. The van der Waals surface area contributed by atoms with Crippen molar-refractivity contribution >= 4 is 12.6 Å². The predicted molar refractivity (Wildman–Crippen MR) is 67.1 cm³/mol. The van der Waals surface area contributed by atoms with Gasteiger partial charge in [0.25, 0.3) is 0 Å². The van der Waals surface area contributed by atoms with Crippen LogP contribution in [0.2, 0.25) is 0 Å². The Morgan fingerprint density at radius 1 is 1.43 bits per heavy atom. The molecule has 1 aliphatic rings. The molecule has 1 aliphatic heterocycles. The third-order valence-electron chi connectivity index (χ3n) is 3.19. The Labute approximate surface area is 94.0 Å². The van der Waals surface area contributed by atoms with Crippen molar-refractivity contribution in [2.75, 3.05) is 25.4 Å². The number of likely N-dealkylation sites (tertiary alicyclic amines) is 1. The Morgan fingerprint density at radius 2 is 2.21 bits per heavy atom. The minimum absolute atomic E-state index is 0.827. The van der Waals surface area contributed by atoms with Crippen molar-refractivity contribution in [3.63, 3.8) is 0 Å². The van der Waals surface area contributed by atoms with Crippen LogP contribution in [-0.2, 0) is 0 Å². The second-order valence-electron chi connectivity index (χ2n) is 4.39. The van der Waals surface area contributed by atoms with E-state index in [1.807, 2.05) is 0 Å². The van der Waals surface area contributed by atoms with Gasteiger partial charge in [0.15, 0.2) is 0 Å². The normalized spacial score (nSPS) is 24.6. The summed E-state index contributed by atoms with van der Waals surface area (Å²) in [6, 6.07) is 0. The average molecular weight is 213 g/mol. The van der Waals surface area contributed by atoms with Gasteiger partial charge >= 0.3 is 0 Å². The van der Waals surface area contributed by atoms with Gasteiger partial charge in [0, 0.05) is 12.3 Å². The maximum absolute atomic E-state index is 4.25. The van der Waals surface area contributed by atoms with Crippen molar-refractivity contribution in [2.45, 2.75) is 32.6 Å². The zero-order valence-electron chi connectivity index (χ0n) is 9.34. The molecule has 0 aromatic rings. The van der Waals surface area contributed by atoms with Gasteiger partial charge in [-0.05, 0) is 38.3 Å². The number of hydrogen-bond acceptors (Lipinski definition) is 2. The van der Waals surface area contributed by atoms with Crippen LogP contribution in [0, 0.1) is 5.92 Å². The van der Waals surface area contributed by atoms with Crippen molar-refractivity contribution in [3.8, 4) is 0 Å². The Bertz CT molecular complexity index is 179. The average Bonchev–Trinajstić information content (AvgIpc) is 2.43.